The fourth-order valence-electron chi connectivity index (χ4n) is 0.428. The van der Waals surface area contributed by atoms with Gasteiger partial charge >= 0.3 is 148 Å². The van der Waals surface area contributed by atoms with Gasteiger partial charge in [0.05, 0.1) is 0 Å². The molecule has 1 aromatic rings. The SMILES string of the molecule is Oc1ccccc1.[Cl-].[Cl-].[Cl-].[Cl-].[Cl-].[Na+].[Na+].[Na+].[Na+].[Na+]. The van der Waals surface area contributed by atoms with Crippen molar-refractivity contribution in [1.82, 2.24) is 0 Å². The van der Waals surface area contributed by atoms with Crippen molar-refractivity contribution in [3.63, 3.8) is 0 Å². The maximum Gasteiger partial charge on any atom is 1.00 e. The molecule has 0 aliphatic heterocycles. The maximum atomic E-state index is 8.63. The largest absolute Gasteiger partial charge is 1.00 e. The van der Waals surface area contributed by atoms with E-state index in [0.717, 1.165) is 0 Å². The third-order valence-electron chi connectivity index (χ3n) is 0.756. The molecule has 0 aliphatic carbocycles. The third kappa shape index (κ3) is 44.9. The Morgan fingerprint density at radius 1 is 0.529 bits per heavy atom. The van der Waals surface area contributed by atoms with Crippen molar-refractivity contribution in [3.8, 4) is 5.75 Å². The minimum Gasteiger partial charge on any atom is -1.00 e. The maximum absolute atomic E-state index is 8.63. The summed E-state index contributed by atoms with van der Waals surface area (Å²) < 4.78 is 0. The van der Waals surface area contributed by atoms with E-state index < -0.39 is 0 Å². The fourth-order valence-corrected chi connectivity index (χ4v) is 0.428. The van der Waals surface area contributed by atoms with Crippen molar-refractivity contribution in [3.05, 3.63) is 30.3 Å². The van der Waals surface area contributed by atoms with Crippen LogP contribution in [0.2, 0.25) is 0 Å². The molecule has 0 bridgehead atoms. The van der Waals surface area contributed by atoms with Crippen LogP contribution >= 0.6 is 0 Å². The average molecular weight is 386 g/mol. The molecule has 17 heavy (non-hydrogen) atoms. The molecule has 0 radical (unpaired) electrons. The molecule has 0 saturated carbocycles. The zero-order valence-corrected chi connectivity index (χ0v) is 24.5. The Morgan fingerprint density at radius 2 is 0.765 bits per heavy atom. The predicted octanol–water partition coefficient (Wildman–Crippen LogP) is -28.6. The van der Waals surface area contributed by atoms with Crippen molar-refractivity contribution in [2.75, 3.05) is 0 Å². The number of halogens is 5. The molecular formula is C6H6Cl5Na5O. The Hall–Kier alpha value is 5.47. The van der Waals surface area contributed by atoms with Gasteiger partial charge in [-0.1, -0.05) is 18.2 Å². The molecule has 0 fully saturated rings. The average Bonchev–Trinajstić information content (AvgIpc) is 1.69. The molecule has 0 atom stereocenters. The molecule has 1 N–H and O–H groups in total. The van der Waals surface area contributed by atoms with Gasteiger partial charge in [0, 0.05) is 0 Å². The first kappa shape index (κ1) is 66.6. The van der Waals surface area contributed by atoms with E-state index in [1.54, 1.807) is 24.3 Å². The summed E-state index contributed by atoms with van der Waals surface area (Å²) in [5.41, 5.74) is 0. The molecular weight excluding hydrogens is 380 g/mol. The molecule has 0 saturated heterocycles. The van der Waals surface area contributed by atoms with Gasteiger partial charge in [0.1, 0.15) is 5.75 Å². The fraction of sp³-hybridized carbons (Fsp3) is 0. The summed E-state index contributed by atoms with van der Waals surface area (Å²) in [4.78, 5) is 0. The second kappa shape index (κ2) is 49.6. The van der Waals surface area contributed by atoms with Crippen LogP contribution in [-0.4, -0.2) is 5.11 Å². The molecule has 1 rings (SSSR count). The van der Waals surface area contributed by atoms with Crippen LogP contribution in [0.4, 0.5) is 0 Å². The van der Waals surface area contributed by atoms with Crippen LogP contribution in [0.5, 0.6) is 5.75 Å². The first-order valence-corrected chi connectivity index (χ1v) is 2.13. The Balaban J connectivity index is -0.00000000612. The monoisotopic (exact) mass is 384 g/mol. The molecule has 0 unspecified atom stereocenters. The zero-order valence-electron chi connectivity index (χ0n) is 10.7. The number of hydrogen-bond donors (Lipinski definition) is 1. The van der Waals surface area contributed by atoms with Crippen molar-refractivity contribution in [1.29, 1.82) is 0 Å². The van der Waals surface area contributed by atoms with Crippen molar-refractivity contribution >= 4 is 0 Å². The summed E-state index contributed by atoms with van der Waals surface area (Å²) in [5, 5.41) is 8.63. The van der Waals surface area contributed by atoms with Crippen LogP contribution in [0, 0.1) is 0 Å². The van der Waals surface area contributed by atoms with E-state index in [4.69, 9.17) is 5.11 Å². The second-order valence-electron chi connectivity index (χ2n) is 1.34. The summed E-state index contributed by atoms with van der Waals surface area (Å²) in [7, 11) is 0. The van der Waals surface area contributed by atoms with Crippen molar-refractivity contribution < 1.29 is 215 Å². The standard InChI is InChI=1S/C6H6O.5ClH.5Na/c7-6-4-2-1-3-5-6;;;;;;;;;;/h1-5,7H;5*1H;;;;;/q;;;;;;5*+1/p-5. The van der Waals surface area contributed by atoms with Gasteiger partial charge in [-0.2, -0.15) is 0 Å². The topological polar surface area (TPSA) is 20.2 Å². The normalized spacial score (nSPS) is 3.53. The van der Waals surface area contributed by atoms with Gasteiger partial charge < -0.3 is 67.1 Å². The van der Waals surface area contributed by atoms with E-state index in [-0.39, 0.29) is 210 Å². The van der Waals surface area contributed by atoms with Crippen LogP contribution < -0.4 is 210 Å². The minimum atomic E-state index is 0. The summed E-state index contributed by atoms with van der Waals surface area (Å²) in [5.74, 6) is 0.322. The molecule has 76 valence electrons. The Bertz CT molecular complexity index is 161. The molecule has 11 heteroatoms. The van der Waals surface area contributed by atoms with Crippen molar-refractivity contribution in [2.24, 2.45) is 0 Å². The van der Waals surface area contributed by atoms with E-state index in [1.165, 1.54) is 0 Å². The number of rotatable bonds is 0. The number of phenols is 1. The molecule has 0 heterocycles. The molecule has 0 spiro atoms. The van der Waals surface area contributed by atoms with Crippen LogP contribution in [0.25, 0.3) is 0 Å². The number of hydrogen-bond acceptors (Lipinski definition) is 1. The summed E-state index contributed by atoms with van der Waals surface area (Å²) in [6, 6.07) is 8.71. The summed E-state index contributed by atoms with van der Waals surface area (Å²) >= 11 is 0. The summed E-state index contributed by atoms with van der Waals surface area (Å²) in [6.07, 6.45) is 0. The third-order valence-corrected chi connectivity index (χ3v) is 0.756. The van der Waals surface area contributed by atoms with Gasteiger partial charge in [-0.3, -0.25) is 0 Å². The second-order valence-corrected chi connectivity index (χ2v) is 1.34. The van der Waals surface area contributed by atoms with Crippen LogP contribution in [-0.2, 0) is 0 Å². The van der Waals surface area contributed by atoms with E-state index in [2.05, 4.69) is 0 Å². The zero-order chi connectivity index (χ0) is 5.11. The first-order chi connectivity index (χ1) is 3.39. The van der Waals surface area contributed by atoms with Gasteiger partial charge in [0.2, 0.25) is 0 Å². The van der Waals surface area contributed by atoms with Crippen LogP contribution in [0.3, 0.4) is 0 Å². The Kier molecular flexibility index (Phi) is 194. The minimum absolute atomic E-state index is 0. The number of aromatic hydroxyl groups is 1. The summed E-state index contributed by atoms with van der Waals surface area (Å²) in [6.45, 7) is 0. The van der Waals surface area contributed by atoms with E-state index in [0.29, 0.717) is 5.75 Å². The van der Waals surface area contributed by atoms with E-state index in [9.17, 15) is 0 Å². The Labute approximate surface area is 245 Å². The molecule has 0 amide bonds. The predicted molar refractivity (Wildman–Crippen MR) is 28.1 cm³/mol. The van der Waals surface area contributed by atoms with Crippen LogP contribution in [0.1, 0.15) is 0 Å². The molecule has 0 aliphatic rings. The van der Waals surface area contributed by atoms with Gasteiger partial charge in [-0.15, -0.1) is 0 Å². The Morgan fingerprint density at radius 3 is 0.882 bits per heavy atom. The molecule has 0 aromatic heterocycles. The van der Waals surface area contributed by atoms with Crippen LogP contribution in [0.15, 0.2) is 30.3 Å². The van der Waals surface area contributed by atoms with Crippen molar-refractivity contribution in [2.45, 2.75) is 0 Å². The molecule has 1 nitrogen and oxygen atoms in total. The van der Waals surface area contributed by atoms with Gasteiger partial charge in [-0.25, -0.2) is 0 Å². The first-order valence-electron chi connectivity index (χ1n) is 2.13. The van der Waals surface area contributed by atoms with E-state index in [1.807, 2.05) is 6.07 Å². The molecule has 1 aromatic carbocycles. The number of para-hydroxylation sites is 1. The smallest absolute Gasteiger partial charge is 1.00 e. The van der Waals surface area contributed by atoms with Gasteiger partial charge in [-0.05, 0) is 12.1 Å². The quantitative estimate of drug-likeness (QED) is 0.440. The van der Waals surface area contributed by atoms with E-state index >= 15 is 0 Å². The number of benzene rings is 1. The van der Waals surface area contributed by atoms with Gasteiger partial charge in [0.25, 0.3) is 0 Å². The van der Waals surface area contributed by atoms with Gasteiger partial charge in [0.15, 0.2) is 0 Å². The number of phenolic OH excluding ortho intramolecular Hbond substituents is 1.